The van der Waals surface area contributed by atoms with E-state index in [0.717, 1.165) is 56.5 Å². The van der Waals surface area contributed by atoms with Crippen LogP contribution in [0.1, 0.15) is 51.7 Å². The Morgan fingerprint density at radius 3 is 2.43 bits per heavy atom. The molecule has 0 radical (unpaired) electrons. The number of hydrogen-bond acceptors (Lipinski definition) is 1. The van der Waals surface area contributed by atoms with Gasteiger partial charge in [0.1, 0.15) is 5.41 Å². The molecule has 0 spiro atoms. The third kappa shape index (κ3) is 3.83. The van der Waals surface area contributed by atoms with Crippen LogP contribution in [0.5, 0.6) is 0 Å². The van der Waals surface area contributed by atoms with Gasteiger partial charge >= 0.3 is 6.18 Å². The van der Waals surface area contributed by atoms with Gasteiger partial charge in [0.25, 0.3) is 0 Å². The first-order valence-electron chi connectivity index (χ1n) is 8.12. The van der Waals surface area contributed by atoms with Gasteiger partial charge in [0.05, 0.1) is 0 Å². The molecule has 23 heavy (non-hydrogen) atoms. The van der Waals surface area contributed by atoms with Crippen molar-refractivity contribution in [2.24, 2.45) is 5.41 Å². The fraction of sp³-hybridized carbons (Fsp3) is 0.579. The van der Waals surface area contributed by atoms with E-state index < -0.39 is 11.6 Å². The molecule has 0 atom stereocenters. The molecule has 4 heteroatoms. The monoisotopic (exact) mass is 323 g/mol. The smallest absolute Gasteiger partial charge is 0.369 e. The van der Waals surface area contributed by atoms with E-state index in [2.05, 4.69) is 36.7 Å². The zero-order chi connectivity index (χ0) is 17.3. The van der Waals surface area contributed by atoms with Crippen LogP contribution in [0.2, 0.25) is 0 Å². The van der Waals surface area contributed by atoms with E-state index in [-0.39, 0.29) is 0 Å². The molecular weight excluding hydrogens is 299 g/mol. The molecule has 0 unspecified atom stereocenters. The SMILES string of the molecule is CC(C)N1CCCCc2c(C#CC(C)(C)C(F)(F)F)cccc21. The fourth-order valence-electron chi connectivity index (χ4n) is 2.76. The van der Waals surface area contributed by atoms with Crippen molar-refractivity contribution in [2.75, 3.05) is 11.4 Å². The summed E-state index contributed by atoms with van der Waals surface area (Å²) >= 11 is 0. The number of fused-ring (bicyclic) bond motifs is 1. The molecule has 0 fully saturated rings. The predicted octanol–water partition coefficient (Wildman–Crippen LogP) is 5.18. The molecule has 1 aromatic rings. The molecular formula is C19H24F3N. The van der Waals surface area contributed by atoms with Gasteiger partial charge in [-0.3, -0.25) is 0 Å². The number of anilines is 1. The van der Waals surface area contributed by atoms with Gasteiger partial charge in [-0.25, -0.2) is 0 Å². The first kappa shape index (κ1) is 17.7. The summed E-state index contributed by atoms with van der Waals surface area (Å²) in [7, 11) is 0. The van der Waals surface area contributed by atoms with Crippen molar-refractivity contribution >= 4 is 5.69 Å². The van der Waals surface area contributed by atoms with Gasteiger partial charge in [-0.2, -0.15) is 13.2 Å². The first-order chi connectivity index (χ1) is 10.6. The molecule has 0 bridgehead atoms. The van der Waals surface area contributed by atoms with Crippen LogP contribution in [0.15, 0.2) is 18.2 Å². The molecule has 1 heterocycles. The number of benzene rings is 1. The maximum Gasteiger partial charge on any atom is 0.404 e. The molecule has 0 N–H and O–H groups in total. The third-order valence-electron chi connectivity index (χ3n) is 4.38. The molecule has 1 aliphatic rings. The molecule has 126 valence electrons. The Bertz CT molecular complexity index is 618. The fourth-order valence-corrected chi connectivity index (χ4v) is 2.76. The van der Waals surface area contributed by atoms with Crippen molar-refractivity contribution in [3.63, 3.8) is 0 Å². The van der Waals surface area contributed by atoms with Crippen LogP contribution in [-0.4, -0.2) is 18.8 Å². The van der Waals surface area contributed by atoms with Gasteiger partial charge in [0, 0.05) is 23.8 Å². The molecule has 0 amide bonds. The summed E-state index contributed by atoms with van der Waals surface area (Å²) in [5.41, 5.74) is 0.934. The highest BCUT2D eigenvalue weighted by Gasteiger charge is 2.46. The molecule has 0 saturated heterocycles. The number of alkyl halides is 3. The molecule has 1 aliphatic heterocycles. The van der Waals surface area contributed by atoms with Crippen molar-refractivity contribution in [3.8, 4) is 11.8 Å². The van der Waals surface area contributed by atoms with Crippen LogP contribution in [-0.2, 0) is 6.42 Å². The summed E-state index contributed by atoms with van der Waals surface area (Å²) in [5.74, 6) is 5.25. The van der Waals surface area contributed by atoms with Crippen molar-refractivity contribution < 1.29 is 13.2 Å². The van der Waals surface area contributed by atoms with Crippen LogP contribution >= 0.6 is 0 Å². The quantitative estimate of drug-likeness (QED) is 0.644. The van der Waals surface area contributed by atoms with Gasteiger partial charge in [0.2, 0.25) is 0 Å². The number of rotatable bonds is 1. The summed E-state index contributed by atoms with van der Waals surface area (Å²) in [5, 5.41) is 0. The topological polar surface area (TPSA) is 3.24 Å². The van der Waals surface area contributed by atoms with Crippen LogP contribution in [0.4, 0.5) is 18.9 Å². The predicted molar refractivity (Wildman–Crippen MR) is 88.6 cm³/mol. The normalized spacial score (nSPS) is 15.7. The summed E-state index contributed by atoms with van der Waals surface area (Å²) in [6.07, 6.45) is -1.32. The highest BCUT2D eigenvalue weighted by Crippen LogP contribution is 2.37. The molecule has 1 aromatic carbocycles. The third-order valence-corrected chi connectivity index (χ3v) is 4.38. The van der Waals surface area contributed by atoms with Gasteiger partial charge in [0.15, 0.2) is 0 Å². The highest BCUT2D eigenvalue weighted by atomic mass is 19.4. The second kappa shape index (κ2) is 6.47. The molecule has 0 aliphatic carbocycles. The minimum absolute atomic E-state index is 0.363. The van der Waals surface area contributed by atoms with E-state index in [9.17, 15) is 13.2 Å². The lowest BCUT2D eigenvalue weighted by atomic mass is 9.92. The van der Waals surface area contributed by atoms with Crippen molar-refractivity contribution in [3.05, 3.63) is 29.3 Å². The van der Waals surface area contributed by atoms with E-state index in [1.54, 1.807) is 0 Å². The summed E-state index contributed by atoms with van der Waals surface area (Å²) < 4.78 is 39.0. The second-order valence-corrected chi connectivity index (χ2v) is 6.92. The van der Waals surface area contributed by atoms with Crippen molar-refractivity contribution in [1.29, 1.82) is 0 Å². The minimum Gasteiger partial charge on any atom is -0.369 e. The minimum atomic E-state index is -4.32. The van der Waals surface area contributed by atoms with Crippen molar-refractivity contribution in [1.82, 2.24) is 0 Å². The van der Waals surface area contributed by atoms with Crippen LogP contribution in [0, 0.1) is 17.3 Å². The van der Waals surface area contributed by atoms with Crippen LogP contribution < -0.4 is 4.90 Å². The molecule has 2 rings (SSSR count). The number of hydrogen-bond donors (Lipinski definition) is 0. The number of halogens is 3. The summed E-state index contributed by atoms with van der Waals surface area (Å²) in [4.78, 5) is 2.32. The van der Waals surface area contributed by atoms with Gasteiger partial charge in [-0.05, 0) is 64.7 Å². The first-order valence-corrected chi connectivity index (χ1v) is 8.12. The summed E-state index contributed by atoms with van der Waals surface area (Å²) in [6, 6.07) is 6.15. The van der Waals surface area contributed by atoms with Gasteiger partial charge in [-0.15, -0.1) is 0 Å². The lowest BCUT2D eigenvalue weighted by molar-refractivity contribution is -0.190. The van der Waals surface area contributed by atoms with Crippen molar-refractivity contribution in [2.45, 2.75) is 59.2 Å². The maximum absolute atomic E-state index is 13.0. The Balaban J connectivity index is 2.46. The average molecular weight is 323 g/mol. The van der Waals surface area contributed by atoms with Crippen LogP contribution in [0.25, 0.3) is 0 Å². The van der Waals surface area contributed by atoms with Gasteiger partial charge < -0.3 is 4.90 Å². The Hall–Kier alpha value is -1.63. The van der Waals surface area contributed by atoms with Crippen LogP contribution in [0.3, 0.4) is 0 Å². The van der Waals surface area contributed by atoms with E-state index in [1.807, 2.05) is 12.1 Å². The van der Waals surface area contributed by atoms with Gasteiger partial charge in [-0.1, -0.05) is 17.9 Å². The summed E-state index contributed by atoms with van der Waals surface area (Å²) in [6.45, 7) is 7.51. The lowest BCUT2D eigenvalue weighted by Crippen LogP contribution is -2.31. The Labute approximate surface area is 136 Å². The second-order valence-electron chi connectivity index (χ2n) is 6.92. The van der Waals surface area contributed by atoms with E-state index in [0.29, 0.717) is 6.04 Å². The zero-order valence-electron chi connectivity index (χ0n) is 14.2. The standard InChI is InChI=1S/C19H24F3N/c1-14(2)23-13-6-5-9-16-15(8-7-10-17(16)23)11-12-18(3,4)19(20,21)22/h7-8,10,14H,5-6,9,13H2,1-4H3. The van der Waals surface area contributed by atoms with E-state index in [4.69, 9.17) is 0 Å². The lowest BCUT2D eigenvalue weighted by Gasteiger charge is -2.29. The van der Waals surface area contributed by atoms with E-state index in [1.165, 1.54) is 0 Å². The molecule has 1 nitrogen and oxygen atoms in total. The Kier molecular flexibility index (Phi) is 4.98. The number of nitrogens with zero attached hydrogens (tertiary/aromatic N) is 1. The van der Waals surface area contributed by atoms with E-state index >= 15 is 0 Å². The molecule has 0 aromatic heterocycles. The zero-order valence-corrected chi connectivity index (χ0v) is 14.2. The largest absolute Gasteiger partial charge is 0.404 e. The Morgan fingerprint density at radius 1 is 1.13 bits per heavy atom. The highest BCUT2D eigenvalue weighted by molar-refractivity contribution is 5.62. The Morgan fingerprint density at radius 2 is 1.83 bits per heavy atom. The molecule has 0 saturated carbocycles. The average Bonchev–Trinajstić information content (AvgIpc) is 2.66. The maximum atomic E-state index is 13.0.